The minimum absolute atomic E-state index is 0.178. The Kier molecular flexibility index (Phi) is 4.70. The van der Waals surface area contributed by atoms with Gasteiger partial charge in [0.05, 0.1) is 17.6 Å². The summed E-state index contributed by atoms with van der Waals surface area (Å²) in [6, 6.07) is 25.0. The molecule has 0 unspecified atom stereocenters. The fraction of sp³-hybridized carbons (Fsp3) is 0.143. The molecule has 0 amide bonds. The molecular weight excluding hydrogens is 408 g/mol. The zero-order valence-electron chi connectivity index (χ0n) is 18.2. The van der Waals surface area contributed by atoms with Gasteiger partial charge < -0.3 is 15.4 Å². The van der Waals surface area contributed by atoms with Crippen LogP contribution in [0.15, 0.2) is 97.7 Å². The number of anilines is 2. The molecule has 1 aliphatic heterocycles. The number of nitrogens with two attached hydrogens (primary N) is 1. The normalized spacial score (nSPS) is 16.0. The molecule has 0 atom stereocenters. The van der Waals surface area contributed by atoms with Crippen molar-refractivity contribution in [3.8, 4) is 28.3 Å². The molecule has 3 heterocycles. The first kappa shape index (κ1) is 19.7. The van der Waals surface area contributed by atoms with E-state index in [1.165, 1.54) is 12.0 Å². The molecule has 1 saturated carbocycles. The monoisotopic (exact) mass is 432 g/mol. The zero-order valence-corrected chi connectivity index (χ0v) is 18.2. The van der Waals surface area contributed by atoms with Crippen LogP contribution < -0.4 is 15.4 Å². The lowest BCUT2D eigenvalue weighted by Crippen LogP contribution is -2.43. The fourth-order valence-electron chi connectivity index (χ4n) is 4.57. The van der Waals surface area contributed by atoms with Crippen molar-refractivity contribution in [2.75, 3.05) is 4.90 Å². The highest BCUT2D eigenvalue weighted by atomic mass is 16.5. The van der Waals surface area contributed by atoms with E-state index < -0.39 is 0 Å². The third kappa shape index (κ3) is 3.47. The molecule has 2 aromatic heterocycles. The topological polar surface area (TPSA) is 64.3 Å². The maximum atomic E-state index is 6.54. The fourth-order valence-corrected chi connectivity index (χ4v) is 4.57. The van der Waals surface area contributed by atoms with E-state index in [1.807, 2.05) is 47.6 Å². The van der Waals surface area contributed by atoms with Crippen molar-refractivity contribution in [1.82, 2.24) is 9.97 Å². The lowest BCUT2D eigenvalue weighted by atomic mass is 9.72. The van der Waals surface area contributed by atoms with Crippen LogP contribution in [0.5, 0.6) is 5.88 Å². The number of rotatable bonds is 4. The number of benzene rings is 2. The molecule has 0 spiro atoms. The van der Waals surface area contributed by atoms with Crippen molar-refractivity contribution in [2.45, 2.75) is 24.8 Å². The van der Waals surface area contributed by atoms with E-state index in [9.17, 15) is 0 Å². The van der Waals surface area contributed by atoms with Crippen LogP contribution in [-0.2, 0) is 5.54 Å². The van der Waals surface area contributed by atoms with Gasteiger partial charge in [-0.25, -0.2) is 4.98 Å². The predicted octanol–water partition coefficient (Wildman–Crippen LogP) is 6.15. The van der Waals surface area contributed by atoms with Crippen LogP contribution in [0, 0.1) is 0 Å². The van der Waals surface area contributed by atoms with Crippen LogP contribution in [0.25, 0.3) is 22.4 Å². The summed E-state index contributed by atoms with van der Waals surface area (Å²) >= 11 is 0. The molecule has 2 aromatic carbocycles. The summed E-state index contributed by atoms with van der Waals surface area (Å²) in [6.45, 7) is 0. The third-order valence-electron chi connectivity index (χ3n) is 6.61. The maximum Gasteiger partial charge on any atom is 0.243 e. The van der Waals surface area contributed by atoms with Crippen molar-refractivity contribution < 1.29 is 4.74 Å². The van der Waals surface area contributed by atoms with E-state index in [0.717, 1.165) is 46.6 Å². The summed E-state index contributed by atoms with van der Waals surface area (Å²) in [5.41, 5.74) is 13.4. The van der Waals surface area contributed by atoms with Crippen LogP contribution in [0.4, 0.5) is 11.4 Å². The Morgan fingerprint density at radius 3 is 2.42 bits per heavy atom. The Hall–Kier alpha value is -3.96. The first-order valence-corrected chi connectivity index (χ1v) is 11.2. The van der Waals surface area contributed by atoms with Gasteiger partial charge in [-0.2, -0.15) is 0 Å². The van der Waals surface area contributed by atoms with Gasteiger partial charge in [0.15, 0.2) is 0 Å². The summed E-state index contributed by atoms with van der Waals surface area (Å²) in [6.07, 6.45) is 10.4. The Bertz CT molecular complexity index is 1310. The highest BCUT2D eigenvalue weighted by molar-refractivity contribution is 5.86. The van der Waals surface area contributed by atoms with Crippen molar-refractivity contribution in [3.63, 3.8) is 0 Å². The summed E-state index contributed by atoms with van der Waals surface area (Å²) in [4.78, 5) is 11.3. The molecule has 6 rings (SSSR count). The molecule has 5 heteroatoms. The second kappa shape index (κ2) is 7.87. The molecule has 4 aromatic rings. The minimum atomic E-state index is -0.178. The van der Waals surface area contributed by atoms with Crippen molar-refractivity contribution in [2.24, 2.45) is 5.73 Å². The van der Waals surface area contributed by atoms with Gasteiger partial charge in [-0.3, -0.25) is 4.98 Å². The Labute approximate surface area is 193 Å². The van der Waals surface area contributed by atoms with Crippen molar-refractivity contribution >= 4 is 11.4 Å². The van der Waals surface area contributed by atoms with Crippen LogP contribution >= 0.6 is 0 Å². The molecule has 0 saturated heterocycles. The number of aromatic nitrogens is 2. The molecule has 5 nitrogen and oxygen atoms in total. The SMILES string of the molecule is NC1(c2ccc(-c3nc4c(cc3-c3ccccc3)N(c3cccnc3)C=CO4)cc2)CCC1. The van der Waals surface area contributed by atoms with Gasteiger partial charge in [-0.05, 0) is 48.6 Å². The second-order valence-electron chi connectivity index (χ2n) is 8.65. The number of pyridine rings is 2. The molecular formula is C28H24N4O. The van der Waals surface area contributed by atoms with Crippen molar-refractivity contribution in [1.29, 1.82) is 0 Å². The average molecular weight is 433 g/mol. The van der Waals surface area contributed by atoms with Crippen molar-refractivity contribution in [3.05, 3.63) is 103 Å². The average Bonchev–Trinajstić information content (AvgIpc) is 2.87. The molecule has 1 aliphatic carbocycles. The van der Waals surface area contributed by atoms with E-state index in [0.29, 0.717) is 5.88 Å². The van der Waals surface area contributed by atoms with Gasteiger partial charge in [-0.15, -0.1) is 0 Å². The first-order valence-electron chi connectivity index (χ1n) is 11.2. The molecule has 162 valence electrons. The second-order valence-corrected chi connectivity index (χ2v) is 8.65. The highest BCUT2D eigenvalue weighted by Gasteiger charge is 2.34. The van der Waals surface area contributed by atoms with Crippen LogP contribution in [0.2, 0.25) is 0 Å². The zero-order chi connectivity index (χ0) is 22.3. The number of fused-ring (bicyclic) bond motifs is 1. The molecule has 0 bridgehead atoms. The summed E-state index contributed by atoms with van der Waals surface area (Å²) in [5, 5.41) is 0. The lowest BCUT2D eigenvalue weighted by molar-refractivity contribution is 0.253. The minimum Gasteiger partial charge on any atom is -0.443 e. The number of hydrogen-bond acceptors (Lipinski definition) is 5. The molecule has 33 heavy (non-hydrogen) atoms. The largest absolute Gasteiger partial charge is 0.443 e. The first-order chi connectivity index (χ1) is 16.2. The number of hydrogen-bond donors (Lipinski definition) is 1. The molecule has 2 aliphatic rings. The van der Waals surface area contributed by atoms with Gasteiger partial charge in [0, 0.05) is 29.1 Å². The van der Waals surface area contributed by atoms with E-state index in [2.05, 4.69) is 47.4 Å². The number of ether oxygens (including phenoxy) is 1. The van der Waals surface area contributed by atoms with Gasteiger partial charge in [0.1, 0.15) is 11.9 Å². The quantitative estimate of drug-likeness (QED) is 0.419. The third-order valence-corrected chi connectivity index (χ3v) is 6.61. The van der Waals surface area contributed by atoms with Crippen LogP contribution in [-0.4, -0.2) is 9.97 Å². The maximum absolute atomic E-state index is 6.54. The number of nitrogens with zero attached hydrogens (tertiary/aromatic N) is 3. The summed E-state index contributed by atoms with van der Waals surface area (Å²) < 4.78 is 5.86. The summed E-state index contributed by atoms with van der Waals surface area (Å²) in [5.74, 6) is 0.564. The Morgan fingerprint density at radius 2 is 1.73 bits per heavy atom. The Morgan fingerprint density at radius 1 is 0.909 bits per heavy atom. The van der Waals surface area contributed by atoms with E-state index in [-0.39, 0.29) is 5.54 Å². The van der Waals surface area contributed by atoms with Crippen LogP contribution in [0.3, 0.4) is 0 Å². The highest BCUT2D eigenvalue weighted by Crippen LogP contribution is 2.43. The molecule has 1 fully saturated rings. The molecule has 0 radical (unpaired) electrons. The van der Waals surface area contributed by atoms with E-state index in [1.54, 1.807) is 12.5 Å². The van der Waals surface area contributed by atoms with E-state index >= 15 is 0 Å². The summed E-state index contributed by atoms with van der Waals surface area (Å²) in [7, 11) is 0. The smallest absolute Gasteiger partial charge is 0.243 e. The Balaban J connectivity index is 1.49. The van der Waals surface area contributed by atoms with Gasteiger partial charge in [-0.1, -0.05) is 54.6 Å². The standard InChI is InChI=1S/C28H24N4O/c29-28(13-5-14-28)22-11-9-21(10-12-22)26-24(20-6-2-1-3-7-20)18-25-27(31-26)33-17-16-32(25)23-8-4-15-30-19-23/h1-4,6-12,15-19H,5,13-14,29H2. The lowest BCUT2D eigenvalue weighted by Gasteiger charge is -2.38. The van der Waals surface area contributed by atoms with Gasteiger partial charge >= 0.3 is 0 Å². The van der Waals surface area contributed by atoms with Gasteiger partial charge in [0.25, 0.3) is 0 Å². The van der Waals surface area contributed by atoms with E-state index in [4.69, 9.17) is 15.5 Å². The molecule has 2 N–H and O–H groups in total. The van der Waals surface area contributed by atoms with Gasteiger partial charge in [0.2, 0.25) is 5.88 Å². The van der Waals surface area contributed by atoms with Crippen LogP contribution in [0.1, 0.15) is 24.8 Å². The predicted molar refractivity (Wildman–Crippen MR) is 131 cm³/mol.